The molecule has 3 atom stereocenters. The van der Waals surface area contributed by atoms with Crippen LogP contribution in [0.3, 0.4) is 0 Å². The molecular weight excluding hydrogens is 398 g/mol. The topological polar surface area (TPSA) is 52.7 Å². The van der Waals surface area contributed by atoms with Crippen LogP contribution >= 0.6 is 0 Å². The molecule has 32 heavy (non-hydrogen) atoms. The number of benzene rings is 2. The first-order chi connectivity index (χ1) is 15.3. The number of nitrogens with zero attached hydrogens (tertiary/aromatic N) is 2. The molecule has 2 fully saturated rings. The van der Waals surface area contributed by atoms with Gasteiger partial charge in [0.2, 0.25) is 5.91 Å². The van der Waals surface area contributed by atoms with E-state index in [9.17, 15) is 9.59 Å². The predicted octanol–water partition coefficient (Wildman–Crippen LogP) is 4.41. The van der Waals surface area contributed by atoms with Crippen molar-refractivity contribution in [3.05, 3.63) is 71.3 Å². The molecule has 1 spiro atoms. The summed E-state index contributed by atoms with van der Waals surface area (Å²) < 4.78 is 0. The number of amides is 2. The van der Waals surface area contributed by atoms with E-state index in [0.717, 1.165) is 29.7 Å². The van der Waals surface area contributed by atoms with Crippen molar-refractivity contribution >= 4 is 23.6 Å². The minimum absolute atomic E-state index is 0.0160. The third-order valence-corrected chi connectivity index (χ3v) is 7.09. The van der Waals surface area contributed by atoms with Crippen molar-refractivity contribution in [2.75, 3.05) is 11.9 Å². The first-order valence-electron chi connectivity index (χ1n) is 11.6. The third kappa shape index (κ3) is 2.70. The summed E-state index contributed by atoms with van der Waals surface area (Å²) in [7, 11) is 0. The van der Waals surface area contributed by atoms with E-state index in [1.54, 1.807) is 0 Å². The molecule has 3 heterocycles. The van der Waals surface area contributed by atoms with Crippen LogP contribution in [0.2, 0.25) is 0 Å². The van der Waals surface area contributed by atoms with Gasteiger partial charge < -0.3 is 15.1 Å². The summed E-state index contributed by atoms with van der Waals surface area (Å²) in [6, 6.07) is 17.6. The molecule has 2 saturated heterocycles. The fourth-order valence-electron chi connectivity index (χ4n) is 5.84. The summed E-state index contributed by atoms with van der Waals surface area (Å²) in [5.41, 5.74) is 2.63. The highest BCUT2D eigenvalue weighted by Gasteiger charge is 2.73. The van der Waals surface area contributed by atoms with Crippen LogP contribution in [0.4, 0.5) is 5.69 Å². The van der Waals surface area contributed by atoms with Gasteiger partial charge in [0, 0.05) is 23.3 Å². The van der Waals surface area contributed by atoms with Gasteiger partial charge in [0.1, 0.15) is 12.2 Å². The highest BCUT2D eigenvalue weighted by molar-refractivity contribution is 6.12. The van der Waals surface area contributed by atoms with Crippen molar-refractivity contribution in [1.29, 1.82) is 0 Å². The molecule has 2 amide bonds. The molecule has 5 heteroatoms. The molecule has 0 aromatic heterocycles. The number of carbonyl (C=O) groups is 2. The summed E-state index contributed by atoms with van der Waals surface area (Å²) in [6.45, 7) is 8.92. The Bertz CT molecular complexity index is 1100. The number of anilines is 1. The van der Waals surface area contributed by atoms with E-state index in [-0.39, 0.29) is 23.5 Å². The second-order valence-electron chi connectivity index (χ2n) is 10.1. The summed E-state index contributed by atoms with van der Waals surface area (Å²) in [5, 5.41) is 3.64. The minimum atomic E-state index is -0.735. The van der Waals surface area contributed by atoms with E-state index in [2.05, 4.69) is 45.1 Å². The lowest BCUT2D eigenvalue weighted by molar-refractivity contribution is -0.141. The Morgan fingerprint density at radius 2 is 1.72 bits per heavy atom. The Morgan fingerprint density at radius 1 is 1.03 bits per heavy atom. The maximum atomic E-state index is 14.0. The molecule has 2 aromatic carbocycles. The highest BCUT2D eigenvalue weighted by Crippen LogP contribution is 2.60. The second kappa shape index (κ2) is 7.22. The van der Waals surface area contributed by atoms with Crippen molar-refractivity contribution in [2.24, 2.45) is 0 Å². The second-order valence-corrected chi connectivity index (χ2v) is 10.1. The molecule has 0 unspecified atom stereocenters. The van der Waals surface area contributed by atoms with Gasteiger partial charge in [0.15, 0.2) is 0 Å². The zero-order chi connectivity index (χ0) is 22.7. The molecule has 2 aromatic rings. The molecule has 0 radical (unpaired) electrons. The van der Waals surface area contributed by atoms with E-state index in [0.29, 0.717) is 12.1 Å². The van der Waals surface area contributed by atoms with Crippen LogP contribution in [0.5, 0.6) is 0 Å². The van der Waals surface area contributed by atoms with E-state index >= 15 is 0 Å². The van der Waals surface area contributed by atoms with E-state index in [4.69, 9.17) is 0 Å². The molecule has 0 aliphatic carbocycles. The molecular formula is C27H31N3O2. The Labute approximate surface area is 190 Å². The first-order valence-corrected chi connectivity index (χ1v) is 11.6. The average molecular weight is 430 g/mol. The quantitative estimate of drug-likeness (QED) is 0.733. The van der Waals surface area contributed by atoms with Crippen LogP contribution in [0, 0.1) is 0 Å². The van der Waals surface area contributed by atoms with Crippen molar-refractivity contribution < 1.29 is 9.59 Å². The van der Waals surface area contributed by atoms with Crippen molar-refractivity contribution in [3.63, 3.8) is 0 Å². The Morgan fingerprint density at radius 3 is 2.41 bits per heavy atom. The summed E-state index contributed by atoms with van der Waals surface area (Å²) in [5.74, 6) is 0.0168. The van der Waals surface area contributed by atoms with Crippen LogP contribution in [-0.4, -0.2) is 45.9 Å². The number of para-hydroxylation sites is 1. The SMILES string of the molecule is CCCCN1C(=O)/C(=C\c2ccccc2)[C@]23c4ccccc4N[C@H]2N(C(C)(C)C)C(=O)[C@H]13. The van der Waals surface area contributed by atoms with Gasteiger partial charge in [0.05, 0.1) is 5.41 Å². The molecule has 3 aliphatic heterocycles. The largest absolute Gasteiger partial charge is 0.364 e. The van der Waals surface area contributed by atoms with Gasteiger partial charge in [-0.1, -0.05) is 61.9 Å². The lowest BCUT2D eigenvalue weighted by atomic mass is 9.71. The average Bonchev–Trinajstić information content (AvgIpc) is 3.30. The van der Waals surface area contributed by atoms with E-state index in [1.807, 2.05) is 58.3 Å². The highest BCUT2D eigenvalue weighted by atomic mass is 16.2. The Balaban J connectivity index is 1.80. The van der Waals surface area contributed by atoms with Gasteiger partial charge in [0.25, 0.3) is 5.91 Å². The number of rotatable bonds is 4. The van der Waals surface area contributed by atoms with E-state index < -0.39 is 11.5 Å². The molecule has 1 N–H and O–H groups in total. The van der Waals surface area contributed by atoms with Gasteiger partial charge in [-0.25, -0.2) is 0 Å². The van der Waals surface area contributed by atoms with Crippen LogP contribution in [-0.2, 0) is 15.0 Å². The van der Waals surface area contributed by atoms with Gasteiger partial charge in [-0.2, -0.15) is 0 Å². The lowest BCUT2D eigenvalue weighted by Gasteiger charge is -2.39. The summed E-state index contributed by atoms with van der Waals surface area (Å²) in [6.07, 6.45) is 3.55. The monoisotopic (exact) mass is 429 g/mol. The molecule has 0 saturated carbocycles. The van der Waals surface area contributed by atoms with Gasteiger partial charge in [-0.15, -0.1) is 0 Å². The van der Waals surface area contributed by atoms with Crippen LogP contribution < -0.4 is 5.32 Å². The molecule has 5 nitrogen and oxygen atoms in total. The number of likely N-dealkylation sites (tertiary alicyclic amines) is 2. The number of hydrogen-bond acceptors (Lipinski definition) is 3. The van der Waals surface area contributed by atoms with Gasteiger partial charge in [-0.3, -0.25) is 9.59 Å². The van der Waals surface area contributed by atoms with Crippen LogP contribution in [0.1, 0.15) is 51.7 Å². The van der Waals surface area contributed by atoms with Crippen molar-refractivity contribution in [1.82, 2.24) is 9.80 Å². The number of nitrogens with one attached hydrogen (secondary N) is 1. The minimum Gasteiger partial charge on any atom is -0.364 e. The molecule has 5 rings (SSSR count). The maximum Gasteiger partial charge on any atom is 0.251 e. The van der Waals surface area contributed by atoms with Gasteiger partial charge >= 0.3 is 0 Å². The Hall–Kier alpha value is -3.08. The standard InChI is InChI=1S/C27H31N3O2/c1-5-6-16-29-22-24(32)30(26(2,3)4)25-27(22,19-14-10-11-15-21(19)28-25)20(23(29)31)17-18-12-8-7-9-13-18/h7-15,17,22,25,28H,5-6,16H2,1-4H3/b20-17+/t22-,25-,27-/m0/s1. The normalized spacial score (nSPS) is 27.6. The zero-order valence-electron chi connectivity index (χ0n) is 19.3. The van der Waals surface area contributed by atoms with Crippen molar-refractivity contribution in [3.8, 4) is 0 Å². The molecule has 3 aliphatic rings. The number of fused-ring (bicyclic) bond motifs is 1. The molecule has 0 bridgehead atoms. The summed E-state index contributed by atoms with van der Waals surface area (Å²) in [4.78, 5) is 31.8. The third-order valence-electron chi connectivity index (χ3n) is 7.09. The smallest absolute Gasteiger partial charge is 0.251 e. The first kappa shape index (κ1) is 20.8. The number of unbranched alkanes of at least 4 members (excludes halogenated alkanes) is 1. The summed E-state index contributed by atoms with van der Waals surface area (Å²) >= 11 is 0. The van der Waals surface area contributed by atoms with Crippen LogP contribution in [0.15, 0.2) is 60.2 Å². The van der Waals surface area contributed by atoms with Gasteiger partial charge in [-0.05, 0) is 50.5 Å². The zero-order valence-corrected chi connectivity index (χ0v) is 19.3. The fraction of sp³-hybridized carbons (Fsp3) is 0.407. The lowest BCUT2D eigenvalue weighted by Crippen LogP contribution is -2.53. The van der Waals surface area contributed by atoms with Crippen LogP contribution in [0.25, 0.3) is 6.08 Å². The predicted molar refractivity (Wildman–Crippen MR) is 127 cm³/mol. The Kier molecular flexibility index (Phi) is 4.70. The fourth-order valence-corrected chi connectivity index (χ4v) is 5.84. The number of carbonyl (C=O) groups excluding carboxylic acids is 2. The maximum absolute atomic E-state index is 14.0. The van der Waals surface area contributed by atoms with E-state index in [1.165, 1.54) is 0 Å². The van der Waals surface area contributed by atoms with Crippen molar-refractivity contribution in [2.45, 2.75) is 63.7 Å². The molecule has 166 valence electrons. The number of hydrogen-bond donors (Lipinski definition) is 1.